The first-order chi connectivity index (χ1) is 3.81. The van der Waals surface area contributed by atoms with Crippen LogP contribution in [0.5, 0.6) is 0 Å². The Morgan fingerprint density at radius 3 is 2.56 bits per heavy atom. The van der Waals surface area contributed by atoms with Crippen LogP contribution in [0.4, 0.5) is 0 Å². The Morgan fingerprint density at radius 1 is 1.67 bits per heavy atom. The molecule has 0 unspecified atom stereocenters. The van der Waals surface area contributed by atoms with Crippen molar-refractivity contribution in [3.63, 3.8) is 0 Å². The van der Waals surface area contributed by atoms with Crippen LogP contribution in [0.1, 0.15) is 14.4 Å². The number of nitrogens with zero attached hydrogens (tertiary/aromatic N) is 2. The molecule has 4 nitrogen and oxygen atoms in total. The van der Waals surface area contributed by atoms with E-state index >= 15 is 0 Å². The molecule has 0 aliphatic rings. The van der Waals surface area contributed by atoms with Gasteiger partial charge in [0.25, 0.3) is 0 Å². The number of oxime groups is 2. The number of hydrogen-bond acceptors (Lipinski definition) is 4. The van der Waals surface area contributed by atoms with E-state index in [0.29, 0.717) is 5.71 Å². The molecule has 0 aromatic carbocycles. The largest absolute Gasteiger partial charge is 0.411 e. The van der Waals surface area contributed by atoms with Crippen LogP contribution in [0, 0.1) is 0 Å². The van der Waals surface area contributed by atoms with Crippen molar-refractivity contribution in [2.24, 2.45) is 10.3 Å². The summed E-state index contributed by atoms with van der Waals surface area (Å²) in [5, 5.41) is 14.0. The fraction of sp³-hybridized carbons (Fsp3) is 0.600. The van der Waals surface area contributed by atoms with Crippen LogP contribution in [0.3, 0.4) is 0 Å². The molecule has 1 N–H and O–H groups in total. The molecule has 0 fully saturated rings. The maximum absolute atomic E-state index is 7.90. The van der Waals surface area contributed by atoms with E-state index in [0.717, 1.165) is 0 Å². The molecular formula is C5H12N2O2. The van der Waals surface area contributed by atoms with Gasteiger partial charge in [-0.05, 0) is 6.92 Å². The van der Waals surface area contributed by atoms with Crippen LogP contribution in [0.15, 0.2) is 10.3 Å². The summed E-state index contributed by atoms with van der Waals surface area (Å²) in [6.07, 6.45) is 1.18. The lowest BCUT2D eigenvalue weighted by Crippen LogP contribution is -1.91. The van der Waals surface area contributed by atoms with Crippen molar-refractivity contribution in [1.29, 1.82) is 0 Å². The van der Waals surface area contributed by atoms with Gasteiger partial charge in [-0.1, -0.05) is 17.7 Å². The van der Waals surface area contributed by atoms with Gasteiger partial charge in [0.15, 0.2) is 0 Å². The van der Waals surface area contributed by atoms with E-state index in [4.69, 9.17) is 5.21 Å². The Labute approximate surface area is 54.8 Å². The van der Waals surface area contributed by atoms with Crippen LogP contribution in [-0.2, 0) is 4.84 Å². The molecule has 0 saturated carbocycles. The average Bonchev–Trinajstić information content (AvgIpc) is 1.68. The second-order valence-electron chi connectivity index (χ2n) is 1.16. The van der Waals surface area contributed by atoms with Crippen LogP contribution >= 0.6 is 0 Å². The molecule has 0 saturated heterocycles. The van der Waals surface area contributed by atoms with Crippen LogP contribution in [0.25, 0.3) is 0 Å². The van der Waals surface area contributed by atoms with E-state index < -0.39 is 0 Å². The standard InChI is InChI=1S/C4H8N2O2.CH4/c1-4(3-5-7)6-8-2;/h3,7H,1-2H3;1H4. The van der Waals surface area contributed by atoms with Gasteiger partial charge in [0, 0.05) is 0 Å². The summed E-state index contributed by atoms with van der Waals surface area (Å²) < 4.78 is 0. The molecule has 0 atom stereocenters. The second kappa shape index (κ2) is 6.94. The molecule has 0 heterocycles. The minimum absolute atomic E-state index is 0. The third-order valence-electron chi connectivity index (χ3n) is 0.480. The van der Waals surface area contributed by atoms with Crippen molar-refractivity contribution in [2.75, 3.05) is 7.11 Å². The molecule has 0 radical (unpaired) electrons. The Bertz CT molecular complexity index is 110. The monoisotopic (exact) mass is 132 g/mol. The minimum Gasteiger partial charge on any atom is -0.411 e. The maximum atomic E-state index is 7.90. The SMILES string of the molecule is C.CON=C(C)C=NO. The van der Waals surface area contributed by atoms with Crippen LogP contribution in [0.2, 0.25) is 0 Å². The summed E-state index contributed by atoms with van der Waals surface area (Å²) in [5.41, 5.74) is 0.523. The Balaban J connectivity index is 0. The fourth-order valence-electron chi connectivity index (χ4n) is 0.251. The van der Waals surface area contributed by atoms with Gasteiger partial charge in [-0.2, -0.15) is 0 Å². The third-order valence-corrected chi connectivity index (χ3v) is 0.480. The van der Waals surface area contributed by atoms with E-state index in [1.54, 1.807) is 6.92 Å². The molecule has 0 rings (SSSR count). The molecule has 0 bridgehead atoms. The highest BCUT2D eigenvalue weighted by Crippen LogP contribution is 1.71. The van der Waals surface area contributed by atoms with Gasteiger partial charge < -0.3 is 10.0 Å². The minimum atomic E-state index is 0. The quantitative estimate of drug-likeness (QED) is 0.347. The molecule has 0 aliphatic heterocycles. The summed E-state index contributed by atoms with van der Waals surface area (Å²) in [7, 11) is 1.43. The van der Waals surface area contributed by atoms with Crippen molar-refractivity contribution in [2.45, 2.75) is 14.4 Å². The zero-order chi connectivity index (χ0) is 6.41. The molecule has 4 heteroatoms. The van der Waals surface area contributed by atoms with E-state index in [2.05, 4.69) is 15.1 Å². The normalized spacial score (nSPS) is 11.1. The summed E-state index contributed by atoms with van der Waals surface area (Å²) in [4.78, 5) is 4.34. The molecule has 0 amide bonds. The van der Waals surface area contributed by atoms with Crippen LogP contribution in [-0.4, -0.2) is 24.2 Å². The lowest BCUT2D eigenvalue weighted by Gasteiger charge is -1.85. The highest BCUT2D eigenvalue weighted by molar-refractivity contribution is 6.29. The van der Waals surface area contributed by atoms with Gasteiger partial charge in [-0.25, -0.2) is 0 Å². The number of hydrogen-bond donors (Lipinski definition) is 1. The van der Waals surface area contributed by atoms with Crippen molar-refractivity contribution in [1.82, 2.24) is 0 Å². The first kappa shape index (κ1) is 10.8. The predicted molar refractivity (Wildman–Crippen MR) is 37.1 cm³/mol. The van der Waals surface area contributed by atoms with Gasteiger partial charge in [-0.3, -0.25) is 0 Å². The summed E-state index contributed by atoms with van der Waals surface area (Å²) in [6.45, 7) is 1.66. The van der Waals surface area contributed by atoms with Gasteiger partial charge in [-0.15, -0.1) is 0 Å². The van der Waals surface area contributed by atoms with Crippen molar-refractivity contribution in [3.8, 4) is 0 Å². The van der Waals surface area contributed by atoms with Crippen LogP contribution < -0.4 is 0 Å². The second-order valence-corrected chi connectivity index (χ2v) is 1.16. The molecule has 0 aliphatic carbocycles. The topological polar surface area (TPSA) is 54.2 Å². The Hall–Kier alpha value is -1.06. The summed E-state index contributed by atoms with van der Waals surface area (Å²) in [5.74, 6) is 0. The average molecular weight is 132 g/mol. The highest BCUT2D eigenvalue weighted by Gasteiger charge is 1.79. The molecule has 0 spiro atoms. The molecular weight excluding hydrogens is 120 g/mol. The molecule has 0 aromatic heterocycles. The van der Waals surface area contributed by atoms with E-state index in [-0.39, 0.29) is 7.43 Å². The Kier molecular flexibility index (Phi) is 8.36. The number of rotatable bonds is 2. The maximum Gasteiger partial charge on any atom is 0.106 e. The smallest absolute Gasteiger partial charge is 0.106 e. The molecule has 0 aromatic rings. The molecule has 9 heavy (non-hydrogen) atoms. The first-order valence-corrected chi connectivity index (χ1v) is 2.06. The lowest BCUT2D eigenvalue weighted by atomic mass is 10.5. The zero-order valence-corrected chi connectivity index (χ0v) is 4.83. The summed E-state index contributed by atoms with van der Waals surface area (Å²) in [6, 6.07) is 0. The van der Waals surface area contributed by atoms with Gasteiger partial charge in [0.1, 0.15) is 7.11 Å². The Morgan fingerprint density at radius 2 is 2.22 bits per heavy atom. The van der Waals surface area contributed by atoms with Gasteiger partial charge in [0.05, 0.1) is 11.9 Å². The van der Waals surface area contributed by atoms with Gasteiger partial charge >= 0.3 is 0 Å². The zero-order valence-electron chi connectivity index (χ0n) is 4.83. The van der Waals surface area contributed by atoms with Crippen molar-refractivity contribution in [3.05, 3.63) is 0 Å². The lowest BCUT2D eigenvalue weighted by molar-refractivity contribution is 0.214. The van der Waals surface area contributed by atoms with Crippen molar-refractivity contribution >= 4 is 11.9 Å². The fourth-order valence-corrected chi connectivity index (χ4v) is 0.251. The van der Waals surface area contributed by atoms with E-state index in [1.807, 2.05) is 0 Å². The molecule has 54 valence electrons. The highest BCUT2D eigenvalue weighted by atomic mass is 16.6. The first-order valence-electron chi connectivity index (χ1n) is 2.06. The third kappa shape index (κ3) is 6.94. The van der Waals surface area contributed by atoms with E-state index in [1.165, 1.54) is 13.3 Å². The van der Waals surface area contributed by atoms with E-state index in [9.17, 15) is 0 Å². The van der Waals surface area contributed by atoms with Gasteiger partial charge in [0.2, 0.25) is 0 Å². The van der Waals surface area contributed by atoms with Crippen molar-refractivity contribution < 1.29 is 10.0 Å². The summed E-state index contributed by atoms with van der Waals surface area (Å²) >= 11 is 0. The predicted octanol–water partition coefficient (Wildman–Crippen LogP) is 1.10.